The predicted octanol–water partition coefficient (Wildman–Crippen LogP) is 1.69. The first-order valence-corrected chi connectivity index (χ1v) is 11.5. The van der Waals surface area contributed by atoms with Gasteiger partial charge in [-0.2, -0.15) is 0 Å². The number of hydrogen-bond acceptors (Lipinski definition) is 9. The topological polar surface area (TPSA) is 121 Å². The van der Waals surface area contributed by atoms with Crippen molar-refractivity contribution >= 4 is 17.9 Å². The lowest BCUT2D eigenvalue weighted by Crippen LogP contribution is -2.68. The average molecular weight is 467 g/mol. The van der Waals surface area contributed by atoms with Crippen LogP contribution in [0.2, 0.25) is 0 Å². The summed E-state index contributed by atoms with van der Waals surface area (Å²) >= 11 is 0. The lowest BCUT2D eigenvalue weighted by atomic mass is 9.51. The summed E-state index contributed by atoms with van der Waals surface area (Å²) in [6, 6.07) is 0. The van der Waals surface area contributed by atoms with Crippen LogP contribution >= 0.6 is 0 Å². The Labute approximate surface area is 193 Å². The number of aliphatic hydroxyl groups excluding tert-OH is 1. The molecule has 9 nitrogen and oxygen atoms in total. The molecule has 4 aliphatic rings. The number of rotatable bonds is 6. The SMILES string of the molecule is CC(=O)OC[C@]12C[C@H](OC(=O)CC(C)C)C(C)=C[C@H]1O[C@@H]1[C@@H](O)[C@@H](OC(C)=O)[C@@]2(C)[C@]12CO2. The predicted molar refractivity (Wildman–Crippen MR) is 114 cm³/mol. The lowest BCUT2D eigenvalue weighted by molar-refractivity contribution is -0.241. The Morgan fingerprint density at radius 3 is 2.42 bits per heavy atom. The van der Waals surface area contributed by atoms with E-state index < -0.39 is 58.9 Å². The van der Waals surface area contributed by atoms with Crippen molar-refractivity contribution in [3.63, 3.8) is 0 Å². The van der Waals surface area contributed by atoms with Gasteiger partial charge in [0.1, 0.15) is 36.6 Å². The second kappa shape index (κ2) is 8.06. The van der Waals surface area contributed by atoms with Gasteiger partial charge in [-0.15, -0.1) is 0 Å². The third-order valence-electron chi connectivity index (χ3n) is 8.00. The summed E-state index contributed by atoms with van der Waals surface area (Å²) in [5, 5.41) is 11.2. The van der Waals surface area contributed by atoms with E-state index in [9.17, 15) is 19.5 Å². The van der Waals surface area contributed by atoms with E-state index in [0.29, 0.717) is 6.61 Å². The number of esters is 3. The van der Waals surface area contributed by atoms with E-state index in [0.717, 1.165) is 5.57 Å². The van der Waals surface area contributed by atoms with Gasteiger partial charge >= 0.3 is 17.9 Å². The van der Waals surface area contributed by atoms with E-state index in [1.165, 1.54) is 13.8 Å². The van der Waals surface area contributed by atoms with Crippen LogP contribution in [0.5, 0.6) is 0 Å². The molecule has 4 rings (SSSR count). The molecule has 2 aliphatic heterocycles. The molecule has 0 radical (unpaired) electrons. The maximum absolute atomic E-state index is 12.5. The Morgan fingerprint density at radius 2 is 1.88 bits per heavy atom. The summed E-state index contributed by atoms with van der Waals surface area (Å²) in [4.78, 5) is 36.4. The molecule has 0 unspecified atom stereocenters. The summed E-state index contributed by atoms with van der Waals surface area (Å²) in [6.07, 6.45) is -1.46. The first kappa shape index (κ1) is 24.2. The first-order valence-electron chi connectivity index (χ1n) is 11.5. The number of ether oxygens (including phenoxy) is 5. The molecular formula is C24H34O9. The summed E-state index contributed by atoms with van der Waals surface area (Å²) in [5.41, 5.74) is -2.00. The van der Waals surface area contributed by atoms with E-state index in [1.54, 1.807) is 0 Å². The van der Waals surface area contributed by atoms with Crippen molar-refractivity contribution < 1.29 is 43.2 Å². The highest BCUT2D eigenvalue weighted by molar-refractivity contribution is 5.70. The van der Waals surface area contributed by atoms with Crippen molar-refractivity contribution in [3.8, 4) is 0 Å². The van der Waals surface area contributed by atoms with Gasteiger partial charge < -0.3 is 28.8 Å². The number of fused-ring (bicyclic) bond motifs is 2. The van der Waals surface area contributed by atoms with Crippen LogP contribution in [0, 0.1) is 16.7 Å². The Hall–Kier alpha value is -1.97. The number of carbonyl (C=O) groups is 3. The Morgan fingerprint density at radius 1 is 1.21 bits per heavy atom. The molecule has 2 aliphatic carbocycles. The van der Waals surface area contributed by atoms with Gasteiger partial charge in [0.05, 0.1) is 23.5 Å². The molecule has 1 N–H and O–H groups in total. The fraction of sp³-hybridized carbons (Fsp3) is 0.792. The normalized spacial score (nSPS) is 43.0. The molecule has 0 aromatic rings. The van der Waals surface area contributed by atoms with Crippen LogP contribution in [0.3, 0.4) is 0 Å². The van der Waals surface area contributed by atoms with Crippen LogP contribution in [-0.2, 0) is 38.1 Å². The van der Waals surface area contributed by atoms with Crippen LogP contribution in [0.25, 0.3) is 0 Å². The minimum atomic E-state index is -1.11. The molecular weight excluding hydrogens is 432 g/mol. The van der Waals surface area contributed by atoms with Crippen molar-refractivity contribution in [2.75, 3.05) is 13.2 Å². The molecule has 1 saturated carbocycles. The second-order valence-electron chi connectivity index (χ2n) is 10.5. The van der Waals surface area contributed by atoms with Gasteiger partial charge in [0.15, 0.2) is 0 Å². The van der Waals surface area contributed by atoms with Gasteiger partial charge in [-0.3, -0.25) is 14.4 Å². The average Bonchev–Trinajstić information content (AvgIpc) is 3.48. The fourth-order valence-corrected chi connectivity index (χ4v) is 6.26. The number of aliphatic hydroxyl groups is 1. The highest BCUT2D eigenvalue weighted by atomic mass is 16.7. The van der Waals surface area contributed by atoms with E-state index in [2.05, 4.69) is 0 Å². The fourth-order valence-electron chi connectivity index (χ4n) is 6.26. The van der Waals surface area contributed by atoms with E-state index in [-0.39, 0.29) is 31.3 Å². The highest BCUT2D eigenvalue weighted by Crippen LogP contribution is 2.72. The van der Waals surface area contributed by atoms with Crippen molar-refractivity contribution in [1.82, 2.24) is 0 Å². The summed E-state index contributed by atoms with van der Waals surface area (Å²) in [7, 11) is 0. The van der Waals surface area contributed by atoms with E-state index >= 15 is 0 Å². The quantitative estimate of drug-likeness (QED) is 0.270. The first-order chi connectivity index (χ1) is 15.4. The number of carbonyl (C=O) groups excluding carboxylic acids is 3. The summed E-state index contributed by atoms with van der Waals surface area (Å²) < 4.78 is 29.4. The molecule has 0 aromatic heterocycles. The molecule has 184 valence electrons. The molecule has 0 aromatic carbocycles. The van der Waals surface area contributed by atoms with Crippen LogP contribution in [0.1, 0.15) is 54.4 Å². The van der Waals surface area contributed by atoms with Crippen LogP contribution in [0.15, 0.2) is 11.6 Å². The Kier molecular flexibility index (Phi) is 5.90. The highest BCUT2D eigenvalue weighted by Gasteiger charge is 2.86. The third-order valence-corrected chi connectivity index (χ3v) is 8.00. The zero-order valence-corrected chi connectivity index (χ0v) is 20.1. The second-order valence-corrected chi connectivity index (χ2v) is 10.5. The number of hydrogen-bond donors (Lipinski definition) is 1. The summed E-state index contributed by atoms with van der Waals surface area (Å²) in [5.74, 6) is -1.18. The standard InChI is InChI=1S/C24H34O9/c1-12(2)7-18(27)32-16-9-23(10-29-14(4)25)17(8-13(16)3)33-21-19(28)20(31-15(5)26)22(23,6)24(21)11-30-24/h8,12,16-17,19-21,28H,7,9-11H2,1-6H3/t16-,17+,19-,20+,21+,22+,23+,24-/m0/s1. The molecule has 8 atom stereocenters. The smallest absolute Gasteiger partial charge is 0.306 e. The van der Waals surface area contributed by atoms with Gasteiger partial charge in [0, 0.05) is 26.7 Å². The Balaban J connectivity index is 1.79. The molecule has 33 heavy (non-hydrogen) atoms. The third kappa shape index (κ3) is 3.51. The van der Waals surface area contributed by atoms with E-state index in [1.807, 2.05) is 33.8 Å². The molecule has 1 spiro atoms. The largest absolute Gasteiger partial charge is 0.465 e. The van der Waals surface area contributed by atoms with Crippen molar-refractivity contribution in [2.24, 2.45) is 16.7 Å². The monoisotopic (exact) mass is 466 g/mol. The van der Waals surface area contributed by atoms with Gasteiger partial charge in [0.25, 0.3) is 0 Å². The van der Waals surface area contributed by atoms with Crippen molar-refractivity contribution in [3.05, 3.63) is 11.6 Å². The minimum Gasteiger partial charge on any atom is -0.465 e. The maximum atomic E-state index is 12.5. The van der Waals surface area contributed by atoms with Gasteiger partial charge in [0.2, 0.25) is 0 Å². The van der Waals surface area contributed by atoms with Crippen LogP contribution in [0.4, 0.5) is 0 Å². The zero-order valence-electron chi connectivity index (χ0n) is 20.1. The molecule has 2 bridgehead atoms. The molecule has 0 amide bonds. The van der Waals surface area contributed by atoms with Crippen LogP contribution < -0.4 is 0 Å². The Bertz CT molecular complexity index is 875. The van der Waals surface area contributed by atoms with Gasteiger partial charge in [-0.25, -0.2) is 0 Å². The van der Waals surface area contributed by atoms with Gasteiger partial charge in [-0.1, -0.05) is 26.8 Å². The zero-order chi connectivity index (χ0) is 24.3. The van der Waals surface area contributed by atoms with Crippen LogP contribution in [-0.4, -0.2) is 72.3 Å². The lowest BCUT2D eigenvalue weighted by Gasteiger charge is -2.58. The van der Waals surface area contributed by atoms with E-state index in [4.69, 9.17) is 23.7 Å². The molecule has 3 fully saturated rings. The van der Waals surface area contributed by atoms with Crippen molar-refractivity contribution in [2.45, 2.75) is 90.5 Å². The van der Waals surface area contributed by atoms with Gasteiger partial charge in [-0.05, 0) is 18.4 Å². The van der Waals surface area contributed by atoms with Crippen molar-refractivity contribution in [1.29, 1.82) is 0 Å². The molecule has 2 saturated heterocycles. The minimum absolute atomic E-state index is 0.0617. The summed E-state index contributed by atoms with van der Waals surface area (Å²) in [6.45, 7) is 10.5. The molecule has 9 heteroatoms. The maximum Gasteiger partial charge on any atom is 0.306 e. The number of epoxide rings is 1. The molecule has 2 heterocycles.